The number of likely N-dealkylation sites (N-methyl/N-ethyl adjacent to an activating group) is 1. The second kappa shape index (κ2) is 12.0. The van der Waals surface area contributed by atoms with Crippen molar-refractivity contribution in [2.75, 3.05) is 20.7 Å². The van der Waals surface area contributed by atoms with E-state index < -0.39 is 35.1 Å². The molecule has 0 bridgehead atoms. The van der Waals surface area contributed by atoms with Crippen molar-refractivity contribution in [1.82, 2.24) is 10.2 Å². The van der Waals surface area contributed by atoms with E-state index in [0.29, 0.717) is 25.7 Å². The van der Waals surface area contributed by atoms with Crippen LogP contribution in [0.5, 0.6) is 0 Å². The van der Waals surface area contributed by atoms with E-state index in [1.165, 1.54) is 19.1 Å². The van der Waals surface area contributed by atoms with Gasteiger partial charge < -0.3 is 30.2 Å². The summed E-state index contributed by atoms with van der Waals surface area (Å²) in [5.41, 5.74) is 4.42. The molecule has 2 amide bonds. The van der Waals surface area contributed by atoms with Crippen LogP contribution in [-0.4, -0.2) is 66.7 Å². The zero-order valence-corrected chi connectivity index (χ0v) is 21.2. The van der Waals surface area contributed by atoms with E-state index in [1.807, 2.05) is 30.3 Å². The molecule has 35 heavy (non-hydrogen) atoms. The molecule has 0 aliphatic heterocycles. The van der Waals surface area contributed by atoms with Gasteiger partial charge in [0.1, 0.15) is 18.8 Å². The summed E-state index contributed by atoms with van der Waals surface area (Å²) in [6.07, 6.45) is 1.26. The quantitative estimate of drug-likeness (QED) is 0.321. The molecule has 10 nitrogen and oxygen atoms in total. The first-order valence-corrected chi connectivity index (χ1v) is 11.7. The van der Waals surface area contributed by atoms with Gasteiger partial charge in [0.15, 0.2) is 0 Å². The topological polar surface area (TPSA) is 137 Å². The number of nitrogens with zero attached hydrogens (tertiary/aromatic N) is 1. The zero-order chi connectivity index (χ0) is 26.2. The monoisotopic (exact) mass is 491 g/mol. The second-order valence-corrected chi connectivity index (χ2v) is 9.87. The van der Waals surface area contributed by atoms with Gasteiger partial charge in [-0.15, -0.1) is 0 Å². The third-order valence-corrected chi connectivity index (χ3v) is 5.89. The van der Waals surface area contributed by atoms with Crippen LogP contribution in [-0.2, 0) is 35.2 Å². The number of hydrogen-bond donors (Lipinski definition) is 2. The smallest absolute Gasteiger partial charge is 0.410 e. The second-order valence-electron chi connectivity index (χ2n) is 9.87. The summed E-state index contributed by atoms with van der Waals surface area (Å²) in [7, 11) is 2.67. The lowest BCUT2D eigenvalue weighted by molar-refractivity contribution is -0.174. The maximum atomic E-state index is 12.8. The van der Waals surface area contributed by atoms with Crippen molar-refractivity contribution >= 4 is 23.9 Å². The van der Waals surface area contributed by atoms with Crippen molar-refractivity contribution in [2.24, 2.45) is 11.7 Å². The first kappa shape index (κ1) is 28.1. The SMILES string of the molecule is COC(=O)[C@](N)(C(=O)OC(C)(C)C)C1CCC(NC(=O)CN(C)C(=O)OCc2ccccc2)CC1. The minimum Gasteiger partial charge on any atom is -0.467 e. The van der Waals surface area contributed by atoms with Crippen molar-refractivity contribution in [2.45, 2.75) is 70.2 Å². The van der Waals surface area contributed by atoms with Gasteiger partial charge in [-0.3, -0.25) is 4.79 Å². The molecule has 1 saturated carbocycles. The maximum absolute atomic E-state index is 12.8. The Morgan fingerprint density at radius 3 is 2.17 bits per heavy atom. The Bertz CT molecular complexity index is 892. The molecule has 0 aromatic heterocycles. The fourth-order valence-electron chi connectivity index (χ4n) is 4.02. The molecule has 0 radical (unpaired) electrons. The van der Waals surface area contributed by atoms with E-state index in [-0.39, 0.29) is 25.1 Å². The van der Waals surface area contributed by atoms with Crippen molar-refractivity contribution in [1.29, 1.82) is 0 Å². The number of carbonyl (C=O) groups excluding carboxylic acids is 4. The Hall–Kier alpha value is -3.14. The molecule has 3 N–H and O–H groups in total. The fourth-order valence-corrected chi connectivity index (χ4v) is 4.02. The van der Waals surface area contributed by atoms with Gasteiger partial charge in [0.2, 0.25) is 11.4 Å². The normalized spacial score (nSPS) is 19.6. The van der Waals surface area contributed by atoms with E-state index in [1.54, 1.807) is 20.8 Å². The first-order valence-electron chi connectivity index (χ1n) is 11.7. The number of ether oxygens (including phenoxy) is 3. The van der Waals surface area contributed by atoms with E-state index >= 15 is 0 Å². The Kier molecular flexibility index (Phi) is 9.64. The summed E-state index contributed by atoms with van der Waals surface area (Å²) < 4.78 is 15.5. The van der Waals surface area contributed by atoms with E-state index in [0.717, 1.165) is 5.56 Å². The summed E-state index contributed by atoms with van der Waals surface area (Å²) in [5, 5.41) is 2.90. The summed E-state index contributed by atoms with van der Waals surface area (Å²) in [6, 6.07) is 9.08. The van der Waals surface area contributed by atoms with E-state index in [2.05, 4.69) is 5.32 Å². The van der Waals surface area contributed by atoms with Gasteiger partial charge in [0.05, 0.1) is 7.11 Å². The molecule has 0 unspecified atom stereocenters. The lowest BCUT2D eigenvalue weighted by atomic mass is 9.73. The van der Waals surface area contributed by atoms with Crippen LogP contribution in [0, 0.1) is 5.92 Å². The van der Waals surface area contributed by atoms with Crippen molar-refractivity contribution in [3.63, 3.8) is 0 Å². The number of rotatable bonds is 8. The highest BCUT2D eigenvalue weighted by molar-refractivity contribution is 6.05. The van der Waals surface area contributed by atoms with Crippen LogP contribution in [0.2, 0.25) is 0 Å². The van der Waals surface area contributed by atoms with Crippen LogP contribution >= 0.6 is 0 Å². The predicted octanol–water partition coefficient (Wildman–Crippen LogP) is 2.14. The highest BCUT2D eigenvalue weighted by Gasteiger charge is 2.53. The molecule has 0 heterocycles. The number of nitrogens with two attached hydrogens (primary N) is 1. The molecule has 1 aromatic carbocycles. The maximum Gasteiger partial charge on any atom is 0.410 e. The molecule has 1 atom stereocenters. The molecule has 0 saturated heterocycles. The summed E-state index contributed by atoms with van der Waals surface area (Å²) in [4.78, 5) is 51.1. The molecule has 1 aliphatic rings. The molecule has 194 valence electrons. The third kappa shape index (κ3) is 7.95. The standard InChI is InChI=1S/C25H37N3O7/c1-24(2,3)35-22(31)25(26,21(30)33-5)18-11-13-19(14-12-18)27-20(29)15-28(4)23(32)34-16-17-9-7-6-8-10-17/h6-10,18-19H,11-16,26H2,1-5H3,(H,27,29)/t18?,19?,25-/m0/s1. The predicted molar refractivity (Wildman–Crippen MR) is 128 cm³/mol. The number of nitrogens with one attached hydrogen (secondary N) is 1. The Morgan fingerprint density at radius 1 is 1.03 bits per heavy atom. The van der Waals surface area contributed by atoms with Crippen LogP contribution in [0.15, 0.2) is 30.3 Å². The average Bonchev–Trinajstić information content (AvgIpc) is 2.81. The largest absolute Gasteiger partial charge is 0.467 e. The molecule has 10 heteroatoms. The van der Waals surface area contributed by atoms with Gasteiger partial charge in [-0.05, 0) is 57.9 Å². The number of carbonyl (C=O) groups is 4. The van der Waals surface area contributed by atoms with Crippen LogP contribution in [0.25, 0.3) is 0 Å². The molecular formula is C25H37N3O7. The molecule has 0 spiro atoms. The van der Waals surface area contributed by atoms with E-state index in [9.17, 15) is 19.2 Å². The number of benzene rings is 1. The number of methoxy groups -OCH3 is 1. The summed E-state index contributed by atoms with van der Waals surface area (Å²) in [6.45, 7) is 5.05. The highest BCUT2D eigenvalue weighted by Crippen LogP contribution is 2.34. The average molecular weight is 492 g/mol. The number of amides is 2. The Labute approximate surface area is 206 Å². The van der Waals surface area contributed by atoms with Crippen LogP contribution in [0.4, 0.5) is 4.79 Å². The third-order valence-electron chi connectivity index (χ3n) is 5.89. The Morgan fingerprint density at radius 2 is 1.63 bits per heavy atom. The molecule has 1 aromatic rings. The van der Waals surface area contributed by atoms with Gasteiger partial charge in [-0.2, -0.15) is 0 Å². The molecule has 2 rings (SSSR count). The van der Waals surface area contributed by atoms with E-state index in [4.69, 9.17) is 19.9 Å². The number of esters is 2. The molecule has 1 fully saturated rings. The van der Waals surface area contributed by atoms with Gasteiger partial charge >= 0.3 is 18.0 Å². The number of hydrogen-bond acceptors (Lipinski definition) is 8. The summed E-state index contributed by atoms with van der Waals surface area (Å²) >= 11 is 0. The first-order chi connectivity index (χ1) is 16.4. The van der Waals surface area contributed by atoms with Crippen LogP contribution in [0.1, 0.15) is 52.0 Å². The van der Waals surface area contributed by atoms with Crippen LogP contribution in [0.3, 0.4) is 0 Å². The zero-order valence-electron chi connectivity index (χ0n) is 21.2. The Balaban J connectivity index is 1.86. The van der Waals surface area contributed by atoms with Gasteiger partial charge in [-0.25, -0.2) is 14.4 Å². The molecular weight excluding hydrogens is 454 g/mol. The van der Waals surface area contributed by atoms with Crippen molar-refractivity contribution in [3.8, 4) is 0 Å². The molecule has 1 aliphatic carbocycles. The van der Waals surface area contributed by atoms with Crippen molar-refractivity contribution < 1.29 is 33.4 Å². The van der Waals surface area contributed by atoms with Gasteiger partial charge in [0.25, 0.3) is 0 Å². The minimum absolute atomic E-state index is 0.119. The summed E-state index contributed by atoms with van der Waals surface area (Å²) in [5.74, 6) is -2.48. The van der Waals surface area contributed by atoms with Crippen LogP contribution < -0.4 is 11.1 Å². The fraction of sp³-hybridized carbons (Fsp3) is 0.600. The van der Waals surface area contributed by atoms with Crippen molar-refractivity contribution in [3.05, 3.63) is 35.9 Å². The van der Waals surface area contributed by atoms with Gasteiger partial charge in [0, 0.05) is 13.1 Å². The lowest BCUT2D eigenvalue weighted by Crippen LogP contribution is -2.63. The lowest BCUT2D eigenvalue weighted by Gasteiger charge is -2.38. The highest BCUT2D eigenvalue weighted by atomic mass is 16.6. The minimum atomic E-state index is -1.92. The van der Waals surface area contributed by atoms with Gasteiger partial charge in [-0.1, -0.05) is 30.3 Å².